The van der Waals surface area contributed by atoms with Crippen LogP contribution in [0.1, 0.15) is 29.9 Å². The van der Waals surface area contributed by atoms with Gasteiger partial charge in [-0.1, -0.05) is 12.1 Å². The molecule has 2 aliphatic rings. The predicted molar refractivity (Wildman–Crippen MR) is 87.6 cm³/mol. The quantitative estimate of drug-likeness (QED) is 0.919. The Kier molecular flexibility index (Phi) is 3.09. The monoisotopic (exact) mass is 283 g/mol. The summed E-state index contributed by atoms with van der Waals surface area (Å²) in [6.07, 6.45) is 6.00. The molecule has 2 heterocycles. The fourth-order valence-corrected chi connectivity index (χ4v) is 4.78. The van der Waals surface area contributed by atoms with Crippen LogP contribution in [0, 0.1) is 5.92 Å². The molecule has 3 nitrogen and oxygen atoms in total. The Hall–Kier alpha value is -1.32. The molecule has 1 saturated heterocycles. The van der Waals surface area contributed by atoms with Crippen LogP contribution in [0.15, 0.2) is 24.4 Å². The number of rotatable bonds is 2. The number of aromatic nitrogens is 1. The Balaban J connectivity index is 1.82. The van der Waals surface area contributed by atoms with Crippen LogP contribution in [0.3, 0.4) is 0 Å². The number of likely N-dealkylation sites (tertiary alicyclic amines) is 1. The molecule has 0 bridgehead atoms. The van der Waals surface area contributed by atoms with Gasteiger partial charge in [-0.3, -0.25) is 0 Å². The van der Waals surface area contributed by atoms with Crippen molar-refractivity contribution in [3.05, 3.63) is 35.5 Å². The van der Waals surface area contributed by atoms with Crippen molar-refractivity contribution in [2.24, 2.45) is 18.7 Å². The Morgan fingerprint density at radius 1 is 1.29 bits per heavy atom. The van der Waals surface area contributed by atoms with Crippen LogP contribution in [-0.4, -0.2) is 35.6 Å². The number of hydrogen-bond acceptors (Lipinski definition) is 2. The normalized spacial score (nSPS) is 28.8. The minimum Gasteiger partial charge on any atom is -0.350 e. The molecule has 2 aromatic rings. The number of fused-ring (bicyclic) bond motifs is 2. The third-order valence-corrected chi connectivity index (χ3v) is 5.69. The highest BCUT2D eigenvalue weighted by atomic mass is 15.1. The highest BCUT2D eigenvalue weighted by molar-refractivity contribution is 5.89. The molecule has 4 rings (SSSR count). The Morgan fingerprint density at radius 3 is 2.95 bits per heavy atom. The second-order valence-corrected chi connectivity index (χ2v) is 7.00. The van der Waals surface area contributed by atoms with Gasteiger partial charge in [0, 0.05) is 42.7 Å². The Labute approximate surface area is 126 Å². The van der Waals surface area contributed by atoms with Crippen LogP contribution < -0.4 is 5.73 Å². The lowest BCUT2D eigenvalue weighted by Crippen LogP contribution is -2.48. The third kappa shape index (κ3) is 1.95. The maximum atomic E-state index is 5.81. The first kappa shape index (κ1) is 13.4. The van der Waals surface area contributed by atoms with E-state index in [1.54, 1.807) is 5.56 Å². The Bertz CT molecular complexity index is 672. The van der Waals surface area contributed by atoms with Crippen LogP contribution in [0.2, 0.25) is 0 Å². The van der Waals surface area contributed by atoms with Crippen molar-refractivity contribution < 1.29 is 0 Å². The minimum atomic E-state index is 0.666. The molecule has 1 unspecified atom stereocenters. The van der Waals surface area contributed by atoms with Crippen molar-refractivity contribution in [2.45, 2.75) is 31.2 Å². The summed E-state index contributed by atoms with van der Waals surface area (Å²) in [5, 5.41) is 1.53. The molecule has 3 heteroatoms. The zero-order valence-corrected chi connectivity index (χ0v) is 13.0. The molecule has 0 radical (unpaired) electrons. The van der Waals surface area contributed by atoms with Gasteiger partial charge in [0.1, 0.15) is 0 Å². The molecular formula is C18H25N3. The maximum absolute atomic E-state index is 5.81. The van der Waals surface area contributed by atoms with Crippen molar-refractivity contribution in [2.75, 3.05) is 20.1 Å². The van der Waals surface area contributed by atoms with E-state index in [1.165, 1.54) is 35.9 Å². The lowest BCUT2D eigenvalue weighted by molar-refractivity contribution is 0.109. The average molecular weight is 283 g/mol. The van der Waals surface area contributed by atoms with E-state index in [2.05, 4.69) is 48.0 Å². The zero-order chi connectivity index (χ0) is 14.6. The number of piperidine rings is 1. The first-order valence-corrected chi connectivity index (χ1v) is 8.16. The van der Waals surface area contributed by atoms with Gasteiger partial charge in [-0.05, 0) is 56.0 Å². The molecule has 2 N–H and O–H groups in total. The summed E-state index contributed by atoms with van der Waals surface area (Å²) in [4.78, 5) is 2.59. The summed E-state index contributed by atoms with van der Waals surface area (Å²) in [6.45, 7) is 2.02. The molecule has 1 aromatic heterocycles. The largest absolute Gasteiger partial charge is 0.350 e. The molecule has 1 aliphatic heterocycles. The van der Waals surface area contributed by atoms with Crippen LogP contribution in [0.25, 0.3) is 10.9 Å². The summed E-state index contributed by atoms with van der Waals surface area (Å²) in [6, 6.07) is 7.52. The number of aryl methyl sites for hydroxylation is 1. The fraction of sp³-hybridized carbons (Fsp3) is 0.556. The number of nitrogens with two attached hydrogens (primary N) is 1. The summed E-state index contributed by atoms with van der Waals surface area (Å²) in [7, 11) is 4.47. The van der Waals surface area contributed by atoms with Crippen molar-refractivity contribution in [1.29, 1.82) is 0 Å². The fourth-order valence-electron chi connectivity index (χ4n) is 4.78. The zero-order valence-electron chi connectivity index (χ0n) is 13.0. The van der Waals surface area contributed by atoms with Gasteiger partial charge in [-0.25, -0.2) is 0 Å². The molecule has 1 aliphatic carbocycles. The Morgan fingerprint density at radius 2 is 2.14 bits per heavy atom. The number of likely N-dealkylation sites (N-methyl/N-ethyl adjacent to an activating group) is 1. The van der Waals surface area contributed by atoms with Gasteiger partial charge in [-0.2, -0.15) is 0 Å². The first-order valence-electron chi connectivity index (χ1n) is 8.16. The molecular weight excluding hydrogens is 258 g/mol. The SMILES string of the molecule is CN1C[C@H](CCN)CC2c3cccc4c3c(cn4C)C[C@H]21. The topological polar surface area (TPSA) is 34.2 Å². The lowest BCUT2D eigenvalue weighted by atomic mass is 9.72. The van der Waals surface area contributed by atoms with E-state index in [4.69, 9.17) is 5.73 Å². The molecule has 0 saturated carbocycles. The van der Waals surface area contributed by atoms with Crippen molar-refractivity contribution >= 4 is 10.9 Å². The van der Waals surface area contributed by atoms with Crippen LogP contribution in [0.5, 0.6) is 0 Å². The average Bonchev–Trinajstić information content (AvgIpc) is 2.79. The van der Waals surface area contributed by atoms with Crippen LogP contribution in [0.4, 0.5) is 0 Å². The van der Waals surface area contributed by atoms with E-state index in [0.29, 0.717) is 12.0 Å². The molecule has 112 valence electrons. The lowest BCUT2D eigenvalue weighted by Gasteiger charge is -2.45. The standard InChI is InChI=1S/C18H25N3/c1-20-10-12(6-7-19)8-15-14-4-3-5-16-18(14)13(9-17(15)20)11-21(16)2/h3-5,11-12,15,17H,6-10,19H2,1-2H3/t12-,15?,17-/m1/s1. The summed E-state index contributed by atoms with van der Waals surface area (Å²) >= 11 is 0. The van der Waals surface area contributed by atoms with Gasteiger partial charge < -0.3 is 15.2 Å². The molecule has 0 spiro atoms. The van der Waals surface area contributed by atoms with Crippen molar-refractivity contribution in [1.82, 2.24) is 9.47 Å². The number of hydrogen-bond donors (Lipinski definition) is 1. The van der Waals surface area contributed by atoms with E-state index in [9.17, 15) is 0 Å². The van der Waals surface area contributed by atoms with E-state index < -0.39 is 0 Å². The molecule has 3 atom stereocenters. The highest BCUT2D eigenvalue weighted by Crippen LogP contribution is 2.45. The first-order chi connectivity index (χ1) is 10.2. The minimum absolute atomic E-state index is 0.666. The smallest absolute Gasteiger partial charge is 0.0483 e. The number of benzene rings is 1. The third-order valence-electron chi connectivity index (χ3n) is 5.69. The second kappa shape index (κ2) is 4.85. The van der Waals surface area contributed by atoms with Crippen LogP contribution >= 0.6 is 0 Å². The van der Waals surface area contributed by atoms with Gasteiger partial charge in [0.15, 0.2) is 0 Å². The summed E-state index contributed by atoms with van der Waals surface area (Å²) in [5.74, 6) is 1.43. The van der Waals surface area contributed by atoms with Gasteiger partial charge in [0.05, 0.1) is 0 Å². The van der Waals surface area contributed by atoms with Crippen molar-refractivity contribution in [3.63, 3.8) is 0 Å². The highest BCUT2D eigenvalue weighted by Gasteiger charge is 2.39. The molecule has 21 heavy (non-hydrogen) atoms. The molecule has 1 aromatic carbocycles. The second-order valence-electron chi connectivity index (χ2n) is 7.00. The van der Waals surface area contributed by atoms with E-state index in [-0.39, 0.29) is 0 Å². The van der Waals surface area contributed by atoms with E-state index in [0.717, 1.165) is 18.9 Å². The van der Waals surface area contributed by atoms with Gasteiger partial charge in [0.2, 0.25) is 0 Å². The van der Waals surface area contributed by atoms with E-state index >= 15 is 0 Å². The molecule has 0 amide bonds. The van der Waals surface area contributed by atoms with Gasteiger partial charge in [-0.15, -0.1) is 0 Å². The van der Waals surface area contributed by atoms with Gasteiger partial charge >= 0.3 is 0 Å². The van der Waals surface area contributed by atoms with Crippen molar-refractivity contribution in [3.8, 4) is 0 Å². The number of nitrogens with zero attached hydrogens (tertiary/aromatic N) is 2. The summed E-state index contributed by atoms with van der Waals surface area (Å²) in [5.41, 5.74) is 10.3. The summed E-state index contributed by atoms with van der Waals surface area (Å²) < 4.78 is 2.29. The van der Waals surface area contributed by atoms with E-state index in [1.807, 2.05) is 0 Å². The maximum Gasteiger partial charge on any atom is 0.0483 e. The predicted octanol–water partition coefficient (Wildman–Crippen LogP) is 2.49. The van der Waals surface area contributed by atoms with Crippen LogP contribution in [-0.2, 0) is 13.5 Å². The molecule has 1 fully saturated rings. The van der Waals surface area contributed by atoms with Gasteiger partial charge in [0.25, 0.3) is 0 Å².